The Labute approximate surface area is 103 Å². The third-order valence-electron chi connectivity index (χ3n) is 4.06. The third kappa shape index (κ3) is 3.00. The molecule has 17 heavy (non-hydrogen) atoms. The number of sulfone groups is 1. The molecule has 4 nitrogen and oxygen atoms in total. The van der Waals surface area contributed by atoms with Gasteiger partial charge in [-0.1, -0.05) is 12.8 Å². The van der Waals surface area contributed by atoms with Crippen LogP contribution in [-0.2, 0) is 14.6 Å². The van der Waals surface area contributed by atoms with Crippen molar-refractivity contribution in [2.24, 2.45) is 5.92 Å². The van der Waals surface area contributed by atoms with Gasteiger partial charge in [-0.15, -0.1) is 0 Å². The Morgan fingerprint density at radius 2 is 1.59 bits per heavy atom. The van der Waals surface area contributed by atoms with E-state index in [9.17, 15) is 13.2 Å². The van der Waals surface area contributed by atoms with Crippen LogP contribution >= 0.6 is 0 Å². The lowest BCUT2D eigenvalue weighted by atomic mass is 10.0. The van der Waals surface area contributed by atoms with E-state index in [-0.39, 0.29) is 17.1 Å². The summed E-state index contributed by atoms with van der Waals surface area (Å²) in [6.45, 7) is 1.24. The minimum absolute atomic E-state index is 0.213. The van der Waals surface area contributed by atoms with Crippen LogP contribution in [0.1, 0.15) is 38.5 Å². The van der Waals surface area contributed by atoms with E-state index in [1.807, 2.05) is 4.90 Å². The summed E-state index contributed by atoms with van der Waals surface area (Å²) in [5.74, 6) is 0.472. The van der Waals surface area contributed by atoms with E-state index in [2.05, 4.69) is 0 Å². The smallest absolute Gasteiger partial charge is 0.225 e. The average Bonchev–Trinajstić information content (AvgIpc) is 2.80. The Balaban J connectivity index is 1.88. The zero-order chi connectivity index (χ0) is 12.5. The number of hydrogen-bond donors (Lipinski definition) is 0. The number of hydrogen-bond acceptors (Lipinski definition) is 3. The fourth-order valence-corrected chi connectivity index (χ4v) is 4.00. The Hall–Kier alpha value is -0.580. The zero-order valence-electron chi connectivity index (χ0n) is 10.4. The SMILES string of the molecule is CS(=O)(=O)C1CCN(C(=O)C2CCCC2)CC1. The van der Waals surface area contributed by atoms with Crippen molar-refractivity contribution in [1.29, 1.82) is 0 Å². The summed E-state index contributed by atoms with van der Waals surface area (Å²) in [6.07, 6.45) is 6.88. The van der Waals surface area contributed by atoms with E-state index in [1.54, 1.807) is 0 Å². The number of nitrogens with zero attached hydrogens (tertiary/aromatic N) is 1. The minimum atomic E-state index is -2.93. The van der Waals surface area contributed by atoms with Gasteiger partial charge in [0.1, 0.15) is 9.84 Å². The second kappa shape index (κ2) is 4.96. The lowest BCUT2D eigenvalue weighted by molar-refractivity contribution is -0.136. The molecule has 0 spiro atoms. The first-order chi connectivity index (χ1) is 7.98. The Morgan fingerprint density at radius 3 is 2.06 bits per heavy atom. The molecule has 0 atom stereocenters. The second-order valence-corrected chi connectivity index (χ2v) is 7.66. The summed E-state index contributed by atoms with van der Waals surface area (Å²) in [6, 6.07) is 0. The first kappa shape index (κ1) is 12.9. The number of amides is 1. The van der Waals surface area contributed by atoms with Crippen LogP contribution in [0, 0.1) is 5.92 Å². The van der Waals surface area contributed by atoms with Crippen LogP contribution < -0.4 is 0 Å². The highest BCUT2D eigenvalue weighted by molar-refractivity contribution is 7.91. The fraction of sp³-hybridized carbons (Fsp3) is 0.917. The van der Waals surface area contributed by atoms with Gasteiger partial charge in [-0.25, -0.2) is 8.42 Å². The first-order valence-electron chi connectivity index (χ1n) is 6.46. The van der Waals surface area contributed by atoms with Gasteiger partial charge in [0.15, 0.2) is 0 Å². The number of carbonyl (C=O) groups excluding carboxylic acids is 1. The van der Waals surface area contributed by atoms with Gasteiger partial charge < -0.3 is 4.90 Å². The molecule has 0 unspecified atom stereocenters. The predicted octanol–water partition coefficient (Wildman–Crippen LogP) is 1.21. The van der Waals surface area contributed by atoms with Crippen LogP contribution in [-0.4, -0.2) is 43.8 Å². The average molecular weight is 259 g/mol. The second-order valence-electron chi connectivity index (χ2n) is 5.34. The highest BCUT2D eigenvalue weighted by atomic mass is 32.2. The van der Waals surface area contributed by atoms with E-state index in [0.717, 1.165) is 25.7 Å². The van der Waals surface area contributed by atoms with Crippen LogP contribution in [0.5, 0.6) is 0 Å². The summed E-state index contributed by atoms with van der Waals surface area (Å²) in [7, 11) is -2.93. The molecule has 2 fully saturated rings. The Morgan fingerprint density at radius 1 is 1.06 bits per heavy atom. The van der Waals surface area contributed by atoms with Crippen LogP contribution in [0.25, 0.3) is 0 Å². The normalized spacial score (nSPS) is 24.2. The van der Waals surface area contributed by atoms with Crippen molar-refractivity contribution in [2.75, 3.05) is 19.3 Å². The molecule has 1 aliphatic carbocycles. The molecule has 1 saturated heterocycles. The molecule has 1 saturated carbocycles. The van der Waals surface area contributed by atoms with Crippen molar-refractivity contribution >= 4 is 15.7 Å². The van der Waals surface area contributed by atoms with E-state index in [1.165, 1.54) is 6.26 Å². The standard InChI is InChI=1S/C12H21NO3S/c1-17(15,16)11-6-8-13(9-7-11)12(14)10-4-2-3-5-10/h10-11H,2-9H2,1H3. The van der Waals surface area contributed by atoms with Gasteiger partial charge in [-0.05, 0) is 25.7 Å². The van der Waals surface area contributed by atoms with Gasteiger partial charge in [0, 0.05) is 25.3 Å². The molecule has 0 bridgehead atoms. The number of carbonyl (C=O) groups is 1. The molecule has 5 heteroatoms. The summed E-state index contributed by atoms with van der Waals surface area (Å²) in [5, 5.41) is -0.241. The van der Waals surface area contributed by atoms with Crippen molar-refractivity contribution in [3.63, 3.8) is 0 Å². The van der Waals surface area contributed by atoms with E-state index < -0.39 is 9.84 Å². The molecule has 0 N–H and O–H groups in total. The van der Waals surface area contributed by atoms with E-state index >= 15 is 0 Å². The summed E-state index contributed by atoms with van der Waals surface area (Å²) < 4.78 is 22.8. The van der Waals surface area contributed by atoms with Gasteiger partial charge >= 0.3 is 0 Å². The Kier molecular flexibility index (Phi) is 3.76. The van der Waals surface area contributed by atoms with Crippen LogP contribution in [0.4, 0.5) is 0 Å². The largest absolute Gasteiger partial charge is 0.342 e. The highest BCUT2D eigenvalue weighted by Crippen LogP contribution is 2.28. The van der Waals surface area contributed by atoms with Crippen molar-refractivity contribution in [2.45, 2.75) is 43.8 Å². The lowest BCUT2D eigenvalue weighted by Gasteiger charge is -2.32. The maximum absolute atomic E-state index is 12.1. The molecule has 0 aromatic carbocycles. The third-order valence-corrected chi connectivity index (χ3v) is 5.75. The molecule has 1 heterocycles. The van der Waals surface area contributed by atoms with Crippen molar-refractivity contribution in [3.8, 4) is 0 Å². The highest BCUT2D eigenvalue weighted by Gasteiger charge is 2.32. The first-order valence-corrected chi connectivity index (χ1v) is 8.41. The maximum Gasteiger partial charge on any atom is 0.225 e. The van der Waals surface area contributed by atoms with Crippen molar-refractivity contribution in [3.05, 3.63) is 0 Å². The number of piperidine rings is 1. The molecule has 0 aromatic rings. The molecule has 2 aliphatic rings. The van der Waals surface area contributed by atoms with Gasteiger partial charge in [-0.2, -0.15) is 0 Å². The fourth-order valence-electron chi connectivity index (χ4n) is 2.94. The number of likely N-dealkylation sites (tertiary alicyclic amines) is 1. The molecular formula is C12H21NO3S. The summed E-state index contributed by atoms with van der Waals surface area (Å²) in [4.78, 5) is 14.0. The minimum Gasteiger partial charge on any atom is -0.342 e. The maximum atomic E-state index is 12.1. The van der Waals surface area contributed by atoms with Crippen molar-refractivity contribution < 1.29 is 13.2 Å². The zero-order valence-corrected chi connectivity index (χ0v) is 11.2. The molecule has 2 rings (SSSR count). The molecule has 98 valence electrons. The Bertz CT molecular complexity index is 377. The van der Waals surface area contributed by atoms with E-state index in [4.69, 9.17) is 0 Å². The quantitative estimate of drug-likeness (QED) is 0.749. The van der Waals surface area contributed by atoms with E-state index in [0.29, 0.717) is 25.9 Å². The van der Waals surface area contributed by atoms with Gasteiger partial charge in [0.2, 0.25) is 5.91 Å². The van der Waals surface area contributed by atoms with Gasteiger partial charge in [-0.3, -0.25) is 4.79 Å². The topological polar surface area (TPSA) is 54.5 Å². The lowest BCUT2D eigenvalue weighted by Crippen LogP contribution is -2.44. The van der Waals surface area contributed by atoms with Crippen LogP contribution in [0.2, 0.25) is 0 Å². The predicted molar refractivity (Wildman–Crippen MR) is 66.4 cm³/mol. The van der Waals surface area contributed by atoms with Crippen LogP contribution in [0.15, 0.2) is 0 Å². The van der Waals surface area contributed by atoms with Gasteiger partial charge in [0.25, 0.3) is 0 Å². The molecule has 1 aliphatic heterocycles. The van der Waals surface area contributed by atoms with Crippen molar-refractivity contribution in [1.82, 2.24) is 4.90 Å². The molecule has 1 amide bonds. The molecular weight excluding hydrogens is 238 g/mol. The van der Waals surface area contributed by atoms with Crippen LogP contribution in [0.3, 0.4) is 0 Å². The number of rotatable bonds is 2. The molecule has 0 aromatic heterocycles. The summed E-state index contributed by atoms with van der Waals surface area (Å²) in [5.41, 5.74) is 0. The monoisotopic (exact) mass is 259 g/mol. The summed E-state index contributed by atoms with van der Waals surface area (Å²) >= 11 is 0. The van der Waals surface area contributed by atoms with Gasteiger partial charge in [0.05, 0.1) is 5.25 Å². The molecule has 0 radical (unpaired) electrons.